The number of Topliss-reactive ketones (excluding diaryl/α,β-unsaturated/α-hetero) is 1. The van der Waals surface area contributed by atoms with Gasteiger partial charge in [-0.05, 0) is 43.5 Å². The smallest absolute Gasteiger partial charge is 0.245 e. The van der Waals surface area contributed by atoms with Gasteiger partial charge < -0.3 is 10.2 Å². The van der Waals surface area contributed by atoms with Gasteiger partial charge in [0.25, 0.3) is 0 Å². The number of hydrogen-bond acceptors (Lipinski definition) is 3. The van der Waals surface area contributed by atoms with Gasteiger partial charge in [0.15, 0.2) is 5.78 Å². The maximum absolute atomic E-state index is 13.0. The number of ketones is 1. The largest absolute Gasteiger partial charge is 0.344 e. The summed E-state index contributed by atoms with van der Waals surface area (Å²) < 4.78 is 13.0. The lowest BCUT2D eigenvalue weighted by atomic mass is 9.89. The van der Waals surface area contributed by atoms with Gasteiger partial charge in [-0.2, -0.15) is 0 Å². The molecule has 0 aliphatic carbocycles. The average Bonchev–Trinajstić information content (AvgIpc) is 3.01. The second-order valence-electron chi connectivity index (χ2n) is 6.15. The number of likely N-dealkylation sites (tertiary alicyclic amines) is 1. The van der Waals surface area contributed by atoms with E-state index in [0.717, 1.165) is 12.8 Å². The third-order valence-corrected chi connectivity index (χ3v) is 4.53. The molecule has 0 saturated carbocycles. The van der Waals surface area contributed by atoms with Crippen LogP contribution < -0.4 is 5.32 Å². The normalized spacial score (nSPS) is 24.4. The predicted molar refractivity (Wildman–Crippen MR) is 81.2 cm³/mol. The molecule has 0 unspecified atom stereocenters. The molecular formula is C17H19FN2O3. The summed E-state index contributed by atoms with van der Waals surface area (Å²) in [4.78, 5) is 37.9. The molecule has 23 heavy (non-hydrogen) atoms. The van der Waals surface area contributed by atoms with Crippen LogP contribution in [0.5, 0.6) is 0 Å². The third-order valence-electron chi connectivity index (χ3n) is 4.53. The molecule has 1 N–H and O–H groups in total. The minimum absolute atomic E-state index is 0.0574. The number of carbonyl (C=O) groups is 3. The second kappa shape index (κ2) is 6.48. The summed E-state index contributed by atoms with van der Waals surface area (Å²) in [5.41, 5.74) is 0.472. The molecule has 2 aliphatic rings. The summed E-state index contributed by atoms with van der Waals surface area (Å²) in [7, 11) is 0. The van der Waals surface area contributed by atoms with Crippen LogP contribution in [0.2, 0.25) is 0 Å². The zero-order valence-electron chi connectivity index (χ0n) is 12.8. The molecule has 0 spiro atoms. The van der Waals surface area contributed by atoms with E-state index in [-0.39, 0.29) is 29.3 Å². The van der Waals surface area contributed by atoms with Gasteiger partial charge in [0.2, 0.25) is 11.8 Å². The van der Waals surface area contributed by atoms with Crippen LogP contribution in [0.1, 0.15) is 36.0 Å². The molecular weight excluding hydrogens is 299 g/mol. The highest BCUT2D eigenvalue weighted by molar-refractivity contribution is 5.98. The van der Waals surface area contributed by atoms with Crippen LogP contribution in [-0.4, -0.2) is 41.6 Å². The van der Waals surface area contributed by atoms with E-state index in [9.17, 15) is 18.8 Å². The van der Waals surface area contributed by atoms with E-state index >= 15 is 0 Å². The van der Waals surface area contributed by atoms with Crippen LogP contribution in [0.15, 0.2) is 24.3 Å². The van der Waals surface area contributed by atoms with Crippen LogP contribution in [0.3, 0.4) is 0 Å². The van der Waals surface area contributed by atoms with Crippen molar-refractivity contribution < 1.29 is 18.8 Å². The fraction of sp³-hybridized carbons (Fsp3) is 0.471. The predicted octanol–water partition coefficient (Wildman–Crippen LogP) is 1.53. The minimum atomic E-state index is -0.456. The summed E-state index contributed by atoms with van der Waals surface area (Å²) in [6, 6.07) is 5.05. The van der Waals surface area contributed by atoms with Crippen molar-refractivity contribution >= 4 is 17.6 Å². The molecule has 0 aromatic heterocycles. The summed E-state index contributed by atoms with van der Waals surface area (Å²) >= 11 is 0. The number of rotatable bonds is 3. The fourth-order valence-corrected chi connectivity index (χ4v) is 3.26. The van der Waals surface area contributed by atoms with Crippen LogP contribution >= 0.6 is 0 Å². The zero-order valence-corrected chi connectivity index (χ0v) is 12.8. The van der Waals surface area contributed by atoms with Gasteiger partial charge in [-0.15, -0.1) is 0 Å². The quantitative estimate of drug-likeness (QED) is 0.860. The maximum Gasteiger partial charge on any atom is 0.245 e. The summed E-state index contributed by atoms with van der Waals surface area (Å²) in [5.74, 6) is -0.904. The number of piperidine rings is 1. The van der Waals surface area contributed by atoms with Crippen LogP contribution in [0.25, 0.3) is 0 Å². The molecule has 5 nitrogen and oxygen atoms in total. The zero-order chi connectivity index (χ0) is 16.4. The molecule has 122 valence electrons. The highest BCUT2D eigenvalue weighted by Crippen LogP contribution is 2.23. The number of benzene rings is 1. The van der Waals surface area contributed by atoms with Crippen molar-refractivity contribution in [1.29, 1.82) is 0 Å². The number of amides is 2. The Bertz CT molecular complexity index is 629. The molecule has 3 rings (SSSR count). The van der Waals surface area contributed by atoms with E-state index < -0.39 is 6.04 Å². The van der Waals surface area contributed by atoms with E-state index in [0.29, 0.717) is 31.5 Å². The van der Waals surface area contributed by atoms with E-state index in [4.69, 9.17) is 0 Å². The standard InChI is InChI=1S/C17H19FN2O3/c18-13-5-3-11(4-6-13)16(22)12-2-1-9-20(10-12)17(23)14-7-8-15(21)19-14/h3-6,12,14H,1-2,7-10H2,(H,19,21)/t12-,14+/m1/s1. The molecule has 6 heteroatoms. The van der Waals surface area contributed by atoms with E-state index in [1.165, 1.54) is 24.3 Å². The second-order valence-corrected chi connectivity index (χ2v) is 6.15. The van der Waals surface area contributed by atoms with Crippen LogP contribution in [-0.2, 0) is 9.59 Å². The molecule has 0 radical (unpaired) electrons. The van der Waals surface area contributed by atoms with E-state index in [1.54, 1.807) is 4.90 Å². The van der Waals surface area contributed by atoms with Gasteiger partial charge >= 0.3 is 0 Å². The Kier molecular flexibility index (Phi) is 4.41. The van der Waals surface area contributed by atoms with Crippen molar-refractivity contribution in [2.45, 2.75) is 31.7 Å². The Balaban J connectivity index is 1.65. The highest BCUT2D eigenvalue weighted by Gasteiger charge is 2.34. The molecule has 2 saturated heterocycles. The average molecular weight is 318 g/mol. The first-order chi connectivity index (χ1) is 11.0. The van der Waals surface area contributed by atoms with Gasteiger partial charge in [-0.25, -0.2) is 4.39 Å². The number of hydrogen-bond donors (Lipinski definition) is 1. The van der Waals surface area contributed by atoms with Gasteiger partial charge in [-0.1, -0.05) is 0 Å². The molecule has 2 atom stereocenters. The topological polar surface area (TPSA) is 66.5 Å². The van der Waals surface area contributed by atoms with Crippen molar-refractivity contribution in [3.8, 4) is 0 Å². The Morgan fingerprint density at radius 2 is 1.91 bits per heavy atom. The van der Waals surface area contributed by atoms with Crippen molar-refractivity contribution in [2.24, 2.45) is 5.92 Å². The first kappa shape index (κ1) is 15.6. The Labute approximate surface area is 133 Å². The van der Waals surface area contributed by atoms with Crippen molar-refractivity contribution in [3.63, 3.8) is 0 Å². The summed E-state index contributed by atoms with van der Waals surface area (Å²) in [5, 5.41) is 2.68. The molecule has 2 heterocycles. The van der Waals surface area contributed by atoms with Crippen molar-refractivity contribution in [3.05, 3.63) is 35.6 Å². The van der Waals surface area contributed by atoms with Gasteiger partial charge in [0, 0.05) is 31.0 Å². The molecule has 2 amide bonds. The van der Waals surface area contributed by atoms with Gasteiger partial charge in [0.05, 0.1) is 0 Å². The molecule has 2 aliphatic heterocycles. The number of nitrogens with zero attached hydrogens (tertiary/aromatic N) is 1. The fourth-order valence-electron chi connectivity index (χ4n) is 3.26. The number of carbonyl (C=O) groups excluding carboxylic acids is 3. The lowest BCUT2D eigenvalue weighted by molar-refractivity contribution is -0.135. The first-order valence-corrected chi connectivity index (χ1v) is 7.92. The van der Waals surface area contributed by atoms with Gasteiger partial charge in [-0.3, -0.25) is 14.4 Å². The van der Waals surface area contributed by atoms with E-state index in [1.807, 2.05) is 0 Å². The Morgan fingerprint density at radius 1 is 1.17 bits per heavy atom. The molecule has 2 fully saturated rings. The molecule has 1 aromatic rings. The summed E-state index contributed by atoms with van der Waals surface area (Å²) in [6.45, 7) is 0.972. The SMILES string of the molecule is O=C1CC[C@@H](C(=O)N2CCC[C@@H](C(=O)c3ccc(F)cc3)C2)N1. The lowest BCUT2D eigenvalue weighted by Crippen LogP contribution is -2.49. The van der Waals surface area contributed by atoms with Crippen LogP contribution in [0.4, 0.5) is 4.39 Å². The van der Waals surface area contributed by atoms with Crippen molar-refractivity contribution in [1.82, 2.24) is 10.2 Å². The molecule has 1 aromatic carbocycles. The summed E-state index contributed by atoms with van der Waals surface area (Å²) in [6.07, 6.45) is 2.37. The van der Waals surface area contributed by atoms with Crippen LogP contribution in [0, 0.1) is 11.7 Å². The molecule has 0 bridgehead atoms. The highest BCUT2D eigenvalue weighted by atomic mass is 19.1. The van der Waals surface area contributed by atoms with Gasteiger partial charge in [0.1, 0.15) is 11.9 Å². The minimum Gasteiger partial charge on any atom is -0.344 e. The van der Waals surface area contributed by atoms with Crippen molar-refractivity contribution in [2.75, 3.05) is 13.1 Å². The lowest BCUT2D eigenvalue weighted by Gasteiger charge is -2.33. The van der Waals surface area contributed by atoms with E-state index in [2.05, 4.69) is 5.32 Å². The Morgan fingerprint density at radius 3 is 2.57 bits per heavy atom. The number of halogens is 1. The Hall–Kier alpha value is -2.24. The third kappa shape index (κ3) is 3.41. The maximum atomic E-state index is 13.0. The first-order valence-electron chi connectivity index (χ1n) is 7.92. The monoisotopic (exact) mass is 318 g/mol. The number of nitrogens with one attached hydrogen (secondary N) is 1.